The molecule has 0 heterocycles. The molecule has 0 aliphatic carbocycles. The van der Waals surface area contributed by atoms with Crippen molar-refractivity contribution in [2.45, 2.75) is 37.8 Å². The van der Waals surface area contributed by atoms with Crippen LogP contribution >= 0.6 is 0 Å². The minimum Gasteiger partial charge on any atom is -0.394 e. The molecule has 0 amide bonds. The van der Waals surface area contributed by atoms with Crippen molar-refractivity contribution in [3.63, 3.8) is 0 Å². The van der Waals surface area contributed by atoms with Crippen molar-refractivity contribution in [2.75, 3.05) is 20.8 Å². The SMILES string of the molecule is COC(OC)[C@H](OCc1ccccc1)[C@H](OCc1ccccc1)[C@H](O)CO. The molecule has 3 atom stereocenters. The zero-order valence-corrected chi connectivity index (χ0v) is 15.7. The number of aliphatic hydroxyl groups is 2. The molecule has 0 fully saturated rings. The molecule has 0 aromatic heterocycles. The Kier molecular flexibility index (Phi) is 9.41. The molecule has 2 N–H and O–H groups in total. The minimum absolute atomic E-state index is 0.258. The molecule has 0 unspecified atom stereocenters. The fourth-order valence-corrected chi connectivity index (χ4v) is 2.75. The molecular formula is C21H28O6. The number of rotatable bonds is 12. The quantitative estimate of drug-likeness (QED) is 0.553. The average molecular weight is 376 g/mol. The van der Waals surface area contributed by atoms with Crippen LogP contribution in [0.5, 0.6) is 0 Å². The number of benzene rings is 2. The van der Waals surface area contributed by atoms with Crippen LogP contribution in [0.3, 0.4) is 0 Å². The lowest BCUT2D eigenvalue weighted by Gasteiger charge is -2.34. The van der Waals surface area contributed by atoms with Gasteiger partial charge in [-0.25, -0.2) is 0 Å². The molecule has 27 heavy (non-hydrogen) atoms. The Labute approximate surface area is 160 Å². The summed E-state index contributed by atoms with van der Waals surface area (Å²) in [5.74, 6) is 0. The van der Waals surface area contributed by atoms with E-state index in [1.54, 1.807) is 0 Å². The van der Waals surface area contributed by atoms with Gasteiger partial charge in [0.15, 0.2) is 6.29 Å². The van der Waals surface area contributed by atoms with E-state index in [0.717, 1.165) is 11.1 Å². The molecule has 148 valence electrons. The normalized spacial score (nSPS) is 14.9. The van der Waals surface area contributed by atoms with Gasteiger partial charge < -0.3 is 29.2 Å². The van der Waals surface area contributed by atoms with Gasteiger partial charge in [-0.1, -0.05) is 60.7 Å². The summed E-state index contributed by atoms with van der Waals surface area (Å²) in [6.45, 7) is 0.0801. The zero-order chi connectivity index (χ0) is 19.5. The Hall–Kier alpha value is -1.80. The first-order valence-corrected chi connectivity index (χ1v) is 8.85. The molecule has 0 spiro atoms. The van der Waals surface area contributed by atoms with E-state index in [-0.39, 0.29) is 13.2 Å². The summed E-state index contributed by atoms with van der Waals surface area (Å²) in [4.78, 5) is 0. The predicted molar refractivity (Wildman–Crippen MR) is 101 cm³/mol. The van der Waals surface area contributed by atoms with Crippen LogP contribution in [0.15, 0.2) is 60.7 Å². The van der Waals surface area contributed by atoms with Crippen LogP contribution < -0.4 is 0 Å². The van der Waals surface area contributed by atoms with Gasteiger partial charge in [0.25, 0.3) is 0 Å². The Morgan fingerprint density at radius 2 is 1.19 bits per heavy atom. The first-order chi connectivity index (χ1) is 13.2. The van der Waals surface area contributed by atoms with Crippen molar-refractivity contribution in [1.29, 1.82) is 0 Å². The van der Waals surface area contributed by atoms with Crippen LogP contribution in [0.25, 0.3) is 0 Å². The summed E-state index contributed by atoms with van der Waals surface area (Å²) in [5, 5.41) is 19.8. The molecular weight excluding hydrogens is 348 g/mol. The summed E-state index contributed by atoms with van der Waals surface area (Å²) in [7, 11) is 2.99. The predicted octanol–water partition coefficient (Wildman–Crippen LogP) is 2.13. The van der Waals surface area contributed by atoms with E-state index >= 15 is 0 Å². The van der Waals surface area contributed by atoms with Crippen LogP contribution in [0.4, 0.5) is 0 Å². The van der Waals surface area contributed by atoms with E-state index in [0.29, 0.717) is 0 Å². The Morgan fingerprint density at radius 3 is 1.59 bits per heavy atom. The minimum atomic E-state index is -1.15. The second-order valence-electron chi connectivity index (χ2n) is 6.11. The Balaban J connectivity index is 2.14. The van der Waals surface area contributed by atoms with Crippen LogP contribution in [-0.2, 0) is 32.2 Å². The highest BCUT2D eigenvalue weighted by atomic mass is 16.7. The van der Waals surface area contributed by atoms with Gasteiger partial charge in [0, 0.05) is 14.2 Å². The largest absolute Gasteiger partial charge is 0.394 e. The van der Waals surface area contributed by atoms with Gasteiger partial charge in [0.1, 0.15) is 18.3 Å². The van der Waals surface area contributed by atoms with Gasteiger partial charge in [-0.05, 0) is 11.1 Å². The molecule has 2 aromatic rings. The summed E-state index contributed by atoms with van der Waals surface area (Å²) in [5.41, 5.74) is 1.91. The average Bonchev–Trinajstić information content (AvgIpc) is 2.73. The van der Waals surface area contributed by atoms with Crippen LogP contribution in [0.1, 0.15) is 11.1 Å². The maximum Gasteiger partial charge on any atom is 0.185 e. The van der Waals surface area contributed by atoms with E-state index in [1.807, 2.05) is 60.7 Å². The topological polar surface area (TPSA) is 77.4 Å². The van der Waals surface area contributed by atoms with Gasteiger partial charge in [0.05, 0.1) is 19.8 Å². The third-order valence-corrected chi connectivity index (χ3v) is 4.19. The van der Waals surface area contributed by atoms with Crippen molar-refractivity contribution in [3.8, 4) is 0 Å². The van der Waals surface area contributed by atoms with E-state index in [4.69, 9.17) is 18.9 Å². The molecule has 6 nitrogen and oxygen atoms in total. The van der Waals surface area contributed by atoms with Gasteiger partial charge in [0.2, 0.25) is 0 Å². The summed E-state index contributed by atoms with van der Waals surface area (Å²) < 4.78 is 22.6. The van der Waals surface area contributed by atoms with Crippen molar-refractivity contribution in [1.82, 2.24) is 0 Å². The summed E-state index contributed by atoms with van der Waals surface area (Å²) in [6, 6.07) is 19.2. The molecule has 6 heteroatoms. The lowest BCUT2D eigenvalue weighted by Crippen LogP contribution is -2.50. The number of hydrogen-bond donors (Lipinski definition) is 2. The van der Waals surface area contributed by atoms with E-state index in [2.05, 4.69) is 0 Å². The molecule has 2 rings (SSSR count). The third-order valence-electron chi connectivity index (χ3n) is 4.19. The molecule has 0 bridgehead atoms. The number of hydrogen-bond acceptors (Lipinski definition) is 6. The lowest BCUT2D eigenvalue weighted by molar-refractivity contribution is -0.237. The lowest BCUT2D eigenvalue weighted by atomic mass is 10.1. The van der Waals surface area contributed by atoms with Gasteiger partial charge in [-0.15, -0.1) is 0 Å². The smallest absolute Gasteiger partial charge is 0.185 e. The zero-order valence-electron chi connectivity index (χ0n) is 15.7. The van der Waals surface area contributed by atoms with E-state index in [9.17, 15) is 10.2 Å². The molecule has 2 aromatic carbocycles. The fourth-order valence-electron chi connectivity index (χ4n) is 2.75. The van der Waals surface area contributed by atoms with Gasteiger partial charge in [-0.2, -0.15) is 0 Å². The second kappa shape index (κ2) is 11.8. The second-order valence-corrected chi connectivity index (χ2v) is 6.11. The van der Waals surface area contributed by atoms with Crippen LogP contribution in [0.2, 0.25) is 0 Å². The monoisotopic (exact) mass is 376 g/mol. The maximum absolute atomic E-state index is 10.3. The van der Waals surface area contributed by atoms with E-state index in [1.165, 1.54) is 14.2 Å². The molecule has 0 saturated heterocycles. The number of methoxy groups -OCH3 is 2. The summed E-state index contributed by atoms with van der Waals surface area (Å²) >= 11 is 0. The fraction of sp³-hybridized carbons (Fsp3) is 0.429. The van der Waals surface area contributed by atoms with Gasteiger partial charge >= 0.3 is 0 Å². The highest BCUT2D eigenvalue weighted by Gasteiger charge is 2.36. The number of ether oxygens (including phenoxy) is 4. The standard InChI is InChI=1S/C21H28O6/c1-24-21(25-2)20(27-15-17-11-7-4-8-12-17)19(18(23)13-22)26-14-16-9-5-3-6-10-16/h3-12,18-23H,13-15H2,1-2H3/t18-,19-,20-/m1/s1. The molecule has 0 radical (unpaired) electrons. The highest BCUT2D eigenvalue weighted by molar-refractivity contribution is 5.14. The molecule has 0 aliphatic rings. The summed E-state index contributed by atoms with van der Waals surface area (Å²) in [6.07, 6.45) is -3.51. The van der Waals surface area contributed by atoms with Gasteiger partial charge in [-0.3, -0.25) is 0 Å². The molecule has 0 saturated carbocycles. The van der Waals surface area contributed by atoms with Crippen molar-refractivity contribution < 1.29 is 29.2 Å². The maximum atomic E-state index is 10.3. The first-order valence-electron chi connectivity index (χ1n) is 8.85. The Bertz CT molecular complexity index is 617. The van der Waals surface area contributed by atoms with Crippen LogP contribution in [0, 0.1) is 0 Å². The first kappa shape index (κ1) is 21.5. The van der Waals surface area contributed by atoms with Crippen molar-refractivity contribution in [3.05, 3.63) is 71.8 Å². The Morgan fingerprint density at radius 1 is 0.741 bits per heavy atom. The van der Waals surface area contributed by atoms with Crippen LogP contribution in [-0.4, -0.2) is 55.6 Å². The van der Waals surface area contributed by atoms with Crippen molar-refractivity contribution >= 4 is 0 Å². The molecule has 0 aliphatic heterocycles. The number of aliphatic hydroxyl groups excluding tert-OH is 2. The third kappa shape index (κ3) is 6.70. The van der Waals surface area contributed by atoms with Crippen molar-refractivity contribution in [2.24, 2.45) is 0 Å². The highest BCUT2D eigenvalue weighted by Crippen LogP contribution is 2.19. The van der Waals surface area contributed by atoms with E-state index < -0.39 is 31.2 Å².